The van der Waals surface area contributed by atoms with E-state index in [2.05, 4.69) is 17.1 Å². The van der Waals surface area contributed by atoms with E-state index in [-0.39, 0.29) is 29.2 Å². The van der Waals surface area contributed by atoms with Crippen molar-refractivity contribution in [1.29, 1.82) is 0 Å². The van der Waals surface area contributed by atoms with Gasteiger partial charge in [-0.2, -0.15) is 0 Å². The van der Waals surface area contributed by atoms with Crippen LogP contribution in [0.3, 0.4) is 0 Å². The molecule has 1 saturated heterocycles. The van der Waals surface area contributed by atoms with Crippen LogP contribution in [0.25, 0.3) is 0 Å². The molecule has 6 N–H and O–H groups in total. The summed E-state index contributed by atoms with van der Waals surface area (Å²) in [6, 6.07) is 0.282. The Kier molecular flexibility index (Phi) is 29.9. The van der Waals surface area contributed by atoms with Crippen LogP contribution in [0.15, 0.2) is 0 Å². The van der Waals surface area contributed by atoms with Gasteiger partial charge in [0.25, 0.3) is 0 Å². The largest absolute Gasteiger partial charge is 0.368 e. The second-order valence-electron chi connectivity index (χ2n) is 10.3. The summed E-state index contributed by atoms with van der Waals surface area (Å²) in [6.07, 6.45) is 27.7. The average Bonchev–Trinajstić information content (AvgIpc) is 2.78. The molecule has 0 aliphatic carbocycles. The fourth-order valence-electron chi connectivity index (χ4n) is 5.14. The van der Waals surface area contributed by atoms with Crippen LogP contribution >= 0.6 is 17.0 Å². The lowest BCUT2D eigenvalue weighted by Gasteiger charge is -2.36. The molecule has 1 rings (SSSR count). The third kappa shape index (κ3) is 22.7. The molecule has 0 bridgehead atoms. The highest BCUT2D eigenvalue weighted by Crippen LogP contribution is 2.16. The number of aliphatic hydroxyl groups is 2. The summed E-state index contributed by atoms with van der Waals surface area (Å²) in [7, 11) is 0. The molecule has 1 heterocycles. The van der Waals surface area contributed by atoms with Crippen LogP contribution in [0.4, 0.5) is 0 Å². The highest BCUT2D eigenvalue weighted by Gasteiger charge is 2.23. The summed E-state index contributed by atoms with van der Waals surface area (Å²) in [6.45, 7) is 6.35. The molecular weight excluding hydrogens is 490 g/mol. The van der Waals surface area contributed by atoms with Crippen molar-refractivity contribution in [2.75, 3.05) is 26.2 Å². The third-order valence-corrected chi connectivity index (χ3v) is 7.25. The third-order valence-electron chi connectivity index (χ3n) is 7.25. The van der Waals surface area contributed by atoms with Crippen molar-refractivity contribution in [3.05, 3.63) is 0 Å². The minimum absolute atomic E-state index is 0. The second kappa shape index (κ2) is 27.9. The minimum atomic E-state index is -1.18. The van der Waals surface area contributed by atoms with Gasteiger partial charge in [-0.1, -0.05) is 129 Å². The van der Waals surface area contributed by atoms with Crippen molar-refractivity contribution in [2.24, 2.45) is 0 Å². The first-order valence-electron chi connectivity index (χ1n) is 14.5. The number of unbranched alkanes of at least 4 members (excludes halogenated alkanes) is 19. The summed E-state index contributed by atoms with van der Waals surface area (Å²) >= 11 is 0. The van der Waals surface area contributed by atoms with E-state index in [1.54, 1.807) is 0 Å². The van der Waals surface area contributed by atoms with Gasteiger partial charge in [-0.15, -0.1) is 17.0 Å². The molecule has 1 aliphatic heterocycles. The van der Waals surface area contributed by atoms with E-state index in [1.165, 1.54) is 128 Å². The molecule has 34 heavy (non-hydrogen) atoms. The monoisotopic (exact) mass is 551 g/mol. The summed E-state index contributed by atoms with van der Waals surface area (Å²) in [5.74, 6) is 0. The molecular formula is C28H62BrN3O2. The standard InChI is InChI=1S/C28H58N2O2.BrH.H3N/c1-2-3-4-5-6-7-8-9-10-11-12-13-14-15-16-17-18-19-20-21-23-30-24-22-29-26-27(30)25-28(31)32;;/h27-29,31-32H,2-26H2,1H3;1H;1H3. The maximum atomic E-state index is 9.26. The van der Waals surface area contributed by atoms with Gasteiger partial charge >= 0.3 is 0 Å². The number of nitrogens with one attached hydrogen (secondary N) is 1. The molecule has 0 aromatic carbocycles. The van der Waals surface area contributed by atoms with Crippen LogP contribution in [0.1, 0.15) is 142 Å². The molecule has 0 aromatic rings. The number of nitrogens with zero attached hydrogens (tertiary/aromatic N) is 1. The zero-order valence-electron chi connectivity index (χ0n) is 22.8. The number of hydrogen-bond acceptors (Lipinski definition) is 5. The first-order valence-corrected chi connectivity index (χ1v) is 14.5. The molecule has 1 aliphatic rings. The topological polar surface area (TPSA) is 90.7 Å². The van der Waals surface area contributed by atoms with Crippen molar-refractivity contribution in [1.82, 2.24) is 16.4 Å². The normalized spacial score (nSPS) is 16.4. The van der Waals surface area contributed by atoms with Crippen molar-refractivity contribution in [2.45, 2.75) is 154 Å². The van der Waals surface area contributed by atoms with Gasteiger partial charge in [0.15, 0.2) is 6.29 Å². The molecule has 1 fully saturated rings. The molecule has 0 aromatic heterocycles. The van der Waals surface area contributed by atoms with Gasteiger partial charge in [0, 0.05) is 32.1 Å². The summed E-state index contributed by atoms with van der Waals surface area (Å²) < 4.78 is 0. The number of piperazine rings is 1. The summed E-state index contributed by atoms with van der Waals surface area (Å²) in [4.78, 5) is 2.45. The van der Waals surface area contributed by atoms with Gasteiger partial charge in [-0.25, -0.2) is 0 Å². The Morgan fingerprint density at radius 3 is 1.44 bits per heavy atom. The molecule has 0 radical (unpaired) electrons. The molecule has 6 heteroatoms. The van der Waals surface area contributed by atoms with E-state index in [4.69, 9.17) is 0 Å². The van der Waals surface area contributed by atoms with Crippen LogP contribution in [0.2, 0.25) is 0 Å². The second-order valence-corrected chi connectivity index (χ2v) is 10.3. The lowest BCUT2D eigenvalue weighted by molar-refractivity contribution is -0.0644. The fraction of sp³-hybridized carbons (Fsp3) is 1.00. The minimum Gasteiger partial charge on any atom is -0.368 e. The van der Waals surface area contributed by atoms with Gasteiger partial charge in [0.05, 0.1) is 0 Å². The van der Waals surface area contributed by atoms with Gasteiger partial charge in [0.2, 0.25) is 0 Å². The van der Waals surface area contributed by atoms with E-state index < -0.39 is 6.29 Å². The van der Waals surface area contributed by atoms with E-state index in [1.807, 2.05) is 0 Å². The van der Waals surface area contributed by atoms with Crippen molar-refractivity contribution < 1.29 is 10.2 Å². The SMILES string of the molecule is Br.CCCCCCCCCCCCCCCCCCCCCCN1CCNCC1CC(O)O.N. The zero-order valence-corrected chi connectivity index (χ0v) is 24.5. The van der Waals surface area contributed by atoms with Crippen molar-refractivity contribution >= 4 is 17.0 Å². The number of hydrogen-bond donors (Lipinski definition) is 4. The van der Waals surface area contributed by atoms with Gasteiger partial charge in [-0.3, -0.25) is 4.90 Å². The van der Waals surface area contributed by atoms with E-state index in [9.17, 15) is 10.2 Å². The Balaban J connectivity index is 0. The Hall–Kier alpha value is 0.280. The smallest absolute Gasteiger partial charge is 0.152 e. The van der Waals surface area contributed by atoms with Crippen LogP contribution in [-0.2, 0) is 0 Å². The molecule has 5 nitrogen and oxygen atoms in total. The number of halogens is 1. The van der Waals surface area contributed by atoms with E-state index in [0.717, 1.165) is 26.2 Å². The predicted octanol–water partition coefficient (Wildman–Crippen LogP) is 7.52. The highest BCUT2D eigenvalue weighted by atomic mass is 79.9. The molecule has 0 saturated carbocycles. The maximum absolute atomic E-state index is 9.26. The average molecular weight is 553 g/mol. The van der Waals surface area contributed by atoms with Crippen LogP contribution in [0.5, 0.6) is 0 Å². The van der Waals surface area contributed by atoms with Crippen molar-refractivity contribution in [3.63, 3.8) is 0 Å². The highest BCUT2D eigenvalue weighted by molar-refractivity contribution is 8.93. The van der Waals surface area contributed by atoms with Gasteiger partial charge in [-0.05, 0) is 13.0 Å². The van der Waals surface area contributed by atoms with Crippen LogP contribution < -0.4 is 11.5 Å². The van der Waals surface area contributed by atoms with Crippen LogP contribution in [0, 0.1) is 0 Å². The summed E-state index contributed by atoms with van der Waals surface area (Å²) in [5.41, 5.74) is 0. The summed E-state index contributed by atoms with van der Waals surface area (Å²) in [5, 5.41) is 21.9. The molecule has 1 unspecified atom stereocenters. The fourth-order valence-corrected chi connectivity index (χ4v) is 5.14. The zero-order chi connectivity index (χ0) is 23.1. The molecule has 208 valence electrons. The lowest BCUT2D eigenvalue weighted by atomic mass is 10.0. The lowest BCUT2D eigenvalue weighted by Crippen LogP contribution is -2.52. The van der Waals surface area contributed by atoms with E-state index in [0.29, 0.717) is 6.42 Å². The Morgan fingerprint density at radius 2 is 1.06 bits per heavy atom. The maximum Gasteiger partial charge on any atom is 0.152 e. The molecule has 1 atom stereocenters. The van der Waals surface area contributed by atoms with Gasteiger partial charge in [0.1, 0.15) is 0 Å². The van der Waals surface area contributed by atoms with Crippen LogP contribution in [-0.4, -0.2) is 53.6 Å². The first-order chi connectivity index (χ1) is 15.7. The molecule has 0 spiro atoms. The van der Waals surface area contributed by atoms with Gasteiger partial charge < -0.3 is 21.7 Å². The van der Waals surface area contributed by atoms with Crippen molar-refractivity contribution in [3.8, 4) is 0 Å². The Bertz CT molecular complexity index is 389. The quantitative estimate of drug-likeness (QED) is 0.0777. The number of rotatable bonds is 23. The predicted molar refractivity (Wildman–Crippen MR) is 154 cm³/mol. The molecule has 0 amide bonds. The first kappa shape index (κ1) is 36.4. The number of aliphatic hydroxyl groups excluding tert-OH is 1. The van der Waals surface area contributed by atoms with E-state index >= 15 is 0 Å². The Morgan fingerprint density at radius 1 is 0.676 bits per heavy atom. The Labute approximate surface area is 223 Å².